The van der Waals surface area contributed by atoms with Gasteiger partial charge in [0, 0.05) is 5.56 Å². The number of hydrogen-bond donors (Lipinski definition) is 0. The number of rotatable bonds is 4. The van der Waals surface area contributed by atoms with Gasteiger partial charge in [-0.15, -0.1) is 0 Å². The number of carbonyl (C=O) groups excluding carboxylic acids is 1. The third kappa shape index (κ3) is 3.49. The zero-order valence-electron chi connectivity index (χ0n) is 18.0. The molecule has 0 aliphatic rings. The van der Waals surface area contributed by atoms with Gasteiger partial charge in [-0.25, -0.2) is 14.8 Å². The van der Waals surface area contributed by atoms with Crippen LogP contribution in [0.5, 0.6) is 5.75 Å². The largest absolute Gasteiger partial charge is 0.450 e. The molecule has 0 bridgehead atoms. The smallest absolute Gasteiger partial charge is 0.343 e. The van der Waals surface area contributed by atoms with Crippen LogP contribution in [0.25, 0.3) is 44.7 Å². The molecule has 2 aromatic heterocycles. The average molecular weight is 442 g/mol. The maximum absolute atomic E-state index is 13.0. The predicted octanol–water partition coefficient (Wildman–Crippen LogP) is 6.93. The lowest BCUT2D eigenvalue weighted by molar-refractivity contribution is 0.0736. The summed E-state index contributed by atoms with van der Waals surface area (Å²) in [6, 6.07) is 33.8. The first-order chi connectivity index (χ1) is 16.8. The minimum absolute atomic E-state index is 0.325. The van der Waals surface area contributed by atoms with Crippen LogP contribution in [0.3, 0.4) is 0 Å². The van der Waals surface area contributed by atoms with Crippen molar-refractivity contribution in [3.63, 3.8) is 0 Å². The van der Waals surface area contributed by atoms with E-state index >= 15 is 0 Å². The first-order valence-corrected chi connectivity index (χ1v) is 10.9. The third-order valence-corrected chi connectivity index (χ3v) is 5.59. The van der Waals surface area contributed by atoms with Gasteiger partial charge in [0.15, 0.2) is 11.5 Å². The van der Waals surface area contributed by atoms with Crippen LogP contribution in [-0.2, 0) is 0 Å². The van der Waals surface area contributed by atoms with Crippen LogP contribution in [0.1, 0.15) is 10.4 Å². The Hall–Kier alpha value is -4.77. The zero-order valence-corrected chi connectivity index (χ0v) is 18.0. The predicted molar refractivity (Wildman–Crippen MR) is 132 cm³/mol. The molecule has 0 spiro atoms. The van der Waals surface area contributed by atoms with E-state index in [1.54, 1.807) is 24.3 Å². The van der Waals surface area contributed by atoms with E-state index in [1.807, 2.05) is 84.9 Å². The lowest BCUT2D eigenvalue weighted by atomic mass is 10.1. The number of carbonyl (C=O) groups is 1. The molecule has 5 nitrogen and oxygen atoms in total. The van der Waals surface area contributed by atoms with E-state index in [0.29, 0.717) is 39.4 Å². The quantitative estimate of drug-likeness (QED) is 0.277. The molecular formula is C29H18N2O3. The fourth-order valence-electron chi connectivity index (χ4n) is 3.96. The van der Waals surface area contributed by atoms with Crippen molar-refractivity contribution in [2.24, 2.45) is 0 Å². The van der Waals surface area contributed by atoms with E-state index in [1.165, 1.54) is 0 Å². The van der Waals surface area contributed by atoms with E-state index in [2.05, 4.69) is 0 Å². The molecule has 34 heavy (non-hydrogen) atoms. The van der Waals surface area contributed by atoms with Crippen LogP contribution in [-0.4, -0.2) is 15.9 Å². The second-order valence-corrected chi connectivity index (χ2v) is 7.79. The van der Waals surface area contributed by atoms with E-state index in [0.717, 1.165) is 16.6 Å². The Morgan fingerprint density at radius 1 is 0.647 bits per heavy atom. The normalized spacial score (nSPS) is 11.1. The molecule has 6 aromatic rings. The molecule has 4 aromatic carbocycles. The molecular weight excluding hydrogens is 424 g/mol. The van der Waals surface area contributed by atoms with Gasteiger partial charge in [0.1, 0.15) is 17.0 Å². The average Bonchev–Trinajstić information content (AvgIpc) is 3.27. The number of aromatic nitrogens is 2. The molecule has 0 saturated carbocycles. The van der Waals surface area contributed by atoms with Crippen molar-refractivity contribution in [2.75, 3.05) is 0 Å². The first-order valence-electron chi connectivity index (χ1n) is 10.9. The number of benzene rings is 4. The number of hydrogen-bond acceptors (Lipinski definition) is 5. The Balaban J connectivity index is 1.60. The van der Waals surface area contributed by atoms with Crippen LogP contribution in [0.4, 0.5) is 0 Å². The molecule has 0 fully saturated rings. The summed E-state index contributed by atoms with van der Waals surface area (Å²) < 4.78 is 12.2. The Labute approximate surface area is 195 Å². The summed E-state index contributed by atoms with van der Waals surface area (Å²) in [5.41, 5.74) is 4.58. The van der Waals surface area contributed by atoms with Gasteiger partial charge in [-0.05, 0) is 36.4 Å². The van der Waals surface area contributed by atoms with Crippen molar-refractivity contribution in [2.45, 2.75) is 0 Å². The van der Waals surface area contributed by atoms with Crippen molar-refractivity contribution in [3.8, 4) is 28.5 Å². The SMILES string of the molecule is O=C(Oc1c(-c2nc3ccccc3nc2-c2ccccc2)oc2ccccc12)c1ccccc1. The van der Waals surface area contributed by atoms with Gasteiger partial charge in [-0.1, -0.05) is 72.8 Å². The van der Waals surface area contributed by atoms with Crippen molar-refractivity contribution in [3.05, 3.63) is 115 Å². The molecule has 0 N–H and O–H groups in total. The van der Waals surface area contributed by atoms with Crippen LogP contribution >= 0.6 is 0 Å². The Morgan fingerprint density at radius 2 is 1.24 bits per heavy atom. The number of ether oxygens (including phenoxy) is 1. The molecule has 2 heterocycles. The minimum atomic E-state index is -0.469. The molecule has 0 unspecified atom stereocenters. The van der Waals surface area contributed by atoms with Crippen LogP contribution in [0.2, 0.25) is 0 Å². The monoisotopic (exact) mass is 442 g/mol. The van der Waals surface area contributed by atoms with Gasteiger partial charge >= 0.3 is 5.97 Å². The maximum Gasteiger partial charge on any atom is 0.343 e. The lowest BCUT2D eigenvalue weighted by Crippen LogP contribution is -2.08. The van der Waals surface area contributed by atoms with Gasteiger partial charge in [-0.3, -0.25) is 0 Å². The molecule has 0 radical (unpaired) electrons. The van der Waals surface area contributed by atoms with Gasteiger partial charge in [-0.2, -0.15) is 0 Å². The van der Waals surface area contributed by atoms with Gasteiger partial charge in [0.2, 0.25) is 0 Å². The molecule has 0 aliphatic heterocycles. The third-order valence-electron chi connectivity index (χ3n) is 5.59. The molecule has 0 aliphatic carbocycles. The van der Waals surface area contributed by atoms with Gasteiger partial charge < -0.3 is 9.15 Å². The summed E-state index contributed by atoms with van der Waals surface area (Å²) in [5.74, 6) is 0.220. The van der Waals surface area contributed by atoms with Crippen LogP contribution in [0, 0.1) is 0 Å². The van der Waals surface area contributed by atoms with Crippen molar-refractivity contribution >= 4 is 28.0 Å². The summed E-state index contributed by atoms with van der Waals surface area (Å²) >= 11 is 0. The fraction of sp³-hybridized carbons (Fsp3) is 0. The maximum atomic E-state index is 13.0. The standard InChI is InChI=1S/C29H18N2O3/c32-29(20-13-5-2-6-14-20)34-27-21-15-7-10-18-24(21)33-28(27)26-25(19-11-3-1-4-12-19)30-22-16-8-9-17-23(22)31-26/h1-18H. The topological polar surface area (TPSA) is 65.2 Å². The number of furan rings is 1. The lowest BCUT2D eigenvalue weighted by Gasteiger charge is -2.10. The molecule has 0 saturated heterocycles. The van der Waals surface area contributed by atoms with E-state index in [4.69, 9.17) is 19.1 Å². The minimum Gasteiger partial charge on any atom is -0.450 e. The molecule has 0 amide bonds. The summed E-state index contributed by atoms with van der Waals surface area (Å²) in [7, 11) is 0. The van der Waals surface area contributed by atoms with E-state index in [-0.39, 0.29) is 0 Å². The number of esters is 1. The Morgan fingerprint density at radius 3 is 1.97 bits per heavy atom. The van der Waals surface area contributed by atoms with Crippen molar-refractivity contribution in [1.29, 1.82) is 0 Å². The summed E-state index contributed by atoms with van der Waals surface area (Å²) in [5, 5.41) is 0.691. The number of para-hydroxylation sites is 3. The first kappa shape index (κ1) is 19.9. The van der Waals surface area contributed by atoms with Crippen molar-refractivity contribution in [1.82, 2.24) is 9.97 Å². The number of fused-ring (bicyclic) bond motifs is 2. The van der Waals surface area contributed by atoms with E-state index < -0.39 is 5.97 Å². The Bertz CT molecular complexity index is 1640. The Kier molecular flexibility index (Phi) is 4.85. The summed E-state index contributed by atoms with van der Waals surface area (Å²) in [6.07, 6.45) is 0. The highest BCUT2D eigenvalue weighted by molar-refractivity contribution is 5.99. The fourth-order valence-corrected chi connectivity index (χ4v) is 3.96. The van der Waals surface area contributed by atoms with Gasteiger partial charge in [0.25, 0.3) is 0 Å². The number of nitrogens with zero attached hydrogens (tertiary/aromatic N) is 2. The van der Waals surface area contributed by atoms with Crippen molar-refractivity contribution < 1.29 is 13.9 Å². The molecule has 0 atom stereocenters. The highest BCUT2D eigenvalue weighted by Crippen LogP contribution is 2.43. The highest BCUT2D eigenvalue weighted by atomic mass is 16.5. The second-order valence-electron chi connectivity index (χ2n) is 7.79. The van der Waals surface area contributed by atoms with E-state index in [9.17, 15) is 4.79 Å². The summed E-state index contributed by atoms with van der Waals surface area (Å²) in [6.45, 7) is 0. The molecule has 6 rings (SSSR count). The van der Waals surface area contributed by atoms with Crippen LogP contribution in [0.15, 0.2) is 114 Å². The van der Waals surface area contributed by atoms with Gasteiger partial charge in [0.05, 0.1) is 22.0 Å². The molecule has 162 valence electrons. The zero-order chi connectivity index (χ0) is 22.9. The molecule has 5 heteroatoms. The highest BCUT2D eigenvalue weighted by Gasteiger charge is 2.25. The summed E-state index contributed by atoms with van der Waals surface area (Å²) in [4.78, 5) is 22.8. The second kappa shape index (κ2) is 8.30. The van der Waals surface area contributed by atoms with Crippen LogP contribution < -0.4 is 4.74 Å².